The number of aromatic nitrogens is 3. The van der Waals surface area contributed by atoms with E-state index in [1.165, 1.54) is 28.9 Å². The van der Waals surface area contributed by atoms with Crippen LogP contribution in [0.15, 0.2) is 30.5 Å². The molecule has 0 spiro atoms. The molecule has 0 saturated carbocycles. The zero-order valence-corrected chi connectivity index (χ0v) is 10.4. The van der Waals surface area contributed by atoms with Crippen molar-refractivity contribution in [2.75, 3.05) is 5.32 Å². The van der Waals surface area contributed by atoms with Crippen molar-refractivity contribution < 1.29 is 9.18 Å². The molecule has 0 aliphatic rings. The highest BCUT2D eigenvalue weighted by Crippen LogP contribution is 2.08. The Morgan fingerprint density at radius 1 is 1.47 bits per heavy atom. The number of carbonyl (C=O) groups excluding carboxylic acids is 1. The highest BCUT2D eigenvalue weighted by molar-refractivity contribution is 5.90. The summed E-state index contributed by atoms with van der Waals surface area (Å²) in [5.41, 5.74) is 6.79. The molecule has 1 aromatic carbocycles. The number of nitrogens with two attached hydrogens (primary N) is 1. The number of rotatable bonds is 4. The maximum Gasteiger partial charge on any atom is 0.246 e. The van der Waals surface area contributed by atoms with Gasteiger partial charge in [0.2, 0.25) is 5.91 Å². The van der Waals surface area contributed by atoms with Crippen molar-refractivity contribution in [1.82, 2.24) is 15.0 Å². The summed E-state index contributed by atoms with van der Waals surface area (Å²) in [5.74, 6) is -0.622. The van der Waals surface area contributed by atoms with Crippen molar-refractivity contribution in [2.24, 2.45) is 5.73 Å². The van der Waals surface area contributed by atoms with Crippen LogP contribution in [0.2, 0.25) is 0 Å². The topological polar surface area (TPSA) is 85.8 Å². The average molecular weight is 263 g/mol. The molecule has 19 heavy (non-hydrogen) atoms. The van der Waals surface area contributed by atoms with Gasteiger partial charge in [-0.15, -0.1) is 5.10 Å². The SMILES string of the molecule is CC(N)c1cn(CC(=O)Nc2ccc(F)cc2)nn1. The monoisotopic (exact) mass is 263 g/mol. The van der Waals surface area contributed by atoms with E-state index in [1.54, 1.807) is 13.1 Å². The van der Waals surface area contributed by atoms with Crippen LogP contribution in [0.5, 0.6) is 0 Å². The van der Waals surface area contributed by atoms with Gasteiger partial charge < -0.3 is 11.1 Å². The first-order valence-corrected chi connectivity index (χ1v) is 5.75. The van der Waals surface area contributed by atoms with Crippen LogP contribution in [-0.4, -0.2) is 20.9 Å². The van der Waals surface area contributed by atoms with Gasteiger partial charge in [0.25, 0.3) is 0 Å². The lowest BCUT2D eigenvalue weighted by atomic mass is 10.3. The number of amides is 1. The molecule has 0 bridgehead atoms. The van der Waals surface area contributed by atoms with Crippen LogP contribution in [0.25, 0.3) is 0 Å². The summed E-state index contributed by atoms with van der Waals surface area (Å²) in [6, 6.07) is 5.30. The van der Waals surface area contributed by atoms with Gasteiger partial charge in [-0.1, -0.05) is 5.21 Å². The number of halogens is 1. The predicted octanol–water partition coefficient (Wildman–Crippen LogP) is 1.08. The van der Waals surface area contributed by atoms with Crippen molar-refractivity contribution >= 4 is 11.6 Å². The van der Waals surface area contributed by atoms with Crippen LogP contribution in [0.3, 0.4) is 0 Å². The summed E-state index contributed by atoms with van der Waals surface area (Å²) in [5, 5.41) is 10.3. The number of anilines is 1. The van der Waals surface area contributed by atoms with E-state index in [4.69, 9.17) is 5.73 Å². The number of hydrogen-bond donors (Lipinski definition) is 2. The van der Waals surface area contributed by atoms with E-state index >= 15 is 0 Å². The molecule has 6 nitrogen and oxygen atoms in total. The molecule has 1 unspecified atom stereocenters. The van der Waals surface area contributed by atoms with E-state index in [9.17, 15) is 9.18 Å². The maximum absolute atomic E-state index is 12.7. The molecule has 1 amide bonds. The Bertz CT molecular complexity index is 564. The second-order valence-electron chi connectivity index (χ2n) is 4.18. The molecule has 2 aromatic rings. The minimum absolute atomic E-state index is 0.0249. The van der Waals surface area contributed by atoms with Crippen molar-refractivity contribution in [2.45, 2.75) is 19.5 Å². The zero-order valence-electron chi connectivity index (χ0n) is 10.4. The molecular weight excluding hydrogens is 249 g/mol. The van der Waals surface area contributed by atoms with Crippen LogP contribution in [0, 0.1) is 5.82 Å². The molecule has 0 fully saturated rings. The second-order valence-corrected chi connectivity index (χ2v) is 4.18. The lowest BCUT2D eigenvalue weighted by Gasteiger charge is -2.04. The van der Waals surface area contributed by atoms with E-state index in [1.807, 2.05) is 0 Å². The number of nitrogens with one attached hydrogen (secondary N) is 1. The first kappa shape index (κ1) is 13.2. The molecule has 2 rings (SSSR count). The summed E-state index contributed by atoms with van der Waals surface area (Å²) in [7, 11) is 0. The molecular formula is C12H14FN5O. The van der Waals surface area contributed by atoms with Gasteiger partial charge >= 0.3 is 0 Å². The van der Waals surface area contributed by atoms with E-state index in [0.717, 1.165) is 0 Å². The highest BCUT2D eigenvalue weighted by Gasteiger charge is 2.08. The fourth-order valence-corrected chi connectivity index (χ4v) is 1.48. The lowest BCUT2D eigenvalue weighted by molar-refractivity contribution is -0.116. The summed E-state index contributed by atoms with van der Waals surface area (Å²) in [6.07, 6.45) is 1.62. The van der Waals surface area contributed by atoms with Crippen molar-refractivity contribution in [1.29, 1.82) is 0 Å². The van der Waals surface area contributed by atoms with Crippen LogP contribution in [0.1, 0.15) is 18.7 Å². The standard InChI is InChI=1S/C12H14FN5O/c1-8(14)11-6-18(17-16-11)7-12(19)15-10-4-2-9(13)3-5-10/h2-6,8H,7,14H2,1H3,(H,15,19). The fourth-order valence-electron chi connectivity index (χ4n) is 1.48. The maximum atomic E-state index is 12.7. The first-order chi connectivity index (χ1) is 9.04. The molecule has 7 heteroatoms. The van der Waals surface area contributed by atoms with Gasteiger partial charge in [0.15, 0.2) is 0 Å². The molecule has 1 atom stereocenters. The smallest absolute Gasteiger partial charge is 0.246 e. The average Bonchev–Trinajstić information content (AvgIpc) is 2.80. The van der Waals surface area contributed by atoms with E-state index in [0.29, 0.717) is 11.4 Å². The largest absolute Gasteiger partial charge is 0.324 e. The molecule has 1 aromatic heterocycles. The Hall–Kier alpha value is -2.28. The Kier molecular flexibility index (Phi) is 3.86. The van der Waals surface area contributed by atoms with E-state index in [-0.39, 0.29) is 24.3 Å². The van der Waals surface area contributed by atoms with Gasteiger partial charge in [-0.3, -0.25) is 4.79 Å². The summed E-state index contributed by atoms with van der Waals surface area (Å²) >= 11 is 0. The number of nitrogens with zero attached hydrogens (tertiary/aromatic N) is 3. The normalized spacial score (nSPS) is 12.2. The molecule has 0 saturated heterocycles. The third kappa shape index (κ3) is 3.59. The van der Waals surface area contributed by atoms with Crippen LogP contribution < -0.4 is 11.1 Å². The number of carbonyl (C=O) groups is 1. The van der Waals surface area contributed by atoms with Gasteiger partial charge in [0.05, 0.1) is 11.9 Å². The molecule has 0 aliphatic carbocycles. The van der Waals surface area contributed by atoms with E-state index in [2.05, 4.69) is 15.6 Å². The fraction of sp³-hybridized carbons (Fsp3) is 0.250. The van der Waals surface area contributed by atoms with Crippen molar-refractivity contribution in [3.63, 3.8) is 0 Å². The lowest BCUT2D eigenvalue weighted by Crippen LogP contribution is -2.19. The first-order valence-electron chi connectivity index (χ1n) is 5.75. The Morgan fingerprint density at radius 3 is 2.74 bits per heavy atom. The van der Waals surface area contributed by atoms with Crippen LogP contribution in [-0.2, 0) is 11.3 Å². The Morgan fingerprint density at radius 2 is 2.16 bits per heavy atom. The molecule has 0 radical (unpaired) electrons. The molecule has 100 valence electrons. The number of hydrogen-bond acceptors (Lipinski definition) is 4. The quantitative estimate of drug-likeness (QED) is 0.864. The van der Waals surface area contributed by atoms with Crippen LogP contribution in [0.4, 0.5) is 10.1 Å². The van der Waals surface area contributed by atoms with Gasteiger partial charge in [0.1, 0.15) is 12.4 Å². The highest BCUT2D eigenvalue weighted by atomic mass is 19.1. The molecule has 0 aliphatic heterocycles. The van der Waals surface area contributed by atoms with Gasteiger partial charge in [-0.05, 0) is 31.2 Å². The minimum Gasteiger partial charge on any atom is -0.324 e. The summed E-state index contributed by atoms with van der Waals surface area (Å²) in [4.78, 5) is 11.7. The summed E-state index contributed by atoms with van der Waals surface area (Å²) in [6.45, 7) is 1.81. The third-order valence-electron chi connectivity index (χ3n) is 2.46. The van der Waals surface area contributed by atoms with Crippen molar-refractivity contribution in [3.8, 4) is 0 Å². The zero-order chi connectivity index (χ0) is 13.8. The minimum atomic E-state index is -0.351. The van der Waals surface area contributed by atoms with Crippen LogP contribution >= 0.6 is 0 Å². The third-order valence-corrected chi connectivity index (χ3v) is 2.46. The van der Waals surface area contributed by atoms with E-state index < -0.39 is 0 Å². The predicted molar refractivity (Wildman–Crippen MR) is 67.7 cm³/mol. The Balaban J connectivity index is 1.95. The number of benzene rings is 1. The van der Waals surface area contributed by atoms with Gasteiger partial charge in [-0.2, -0.15) is 0 Å². The second kappa shape index (κ2) is 5.57. The molecule has 1 heterocycles. The van der Waals surface area contributed by atoms with Gasteiger partial charge in [-0.25, -0.2) is 9.07 Å². The van der Waals surface area contributed by atoms with Crippen molar-refractivity contribution in [3.05, 3.63) is 42.0 Å². The van der Waals surface area contributed by atoms with Gasteiger partial charge in [0, 0.05) is 11.7 Å². The molecule has 3 N–H and O–H groups in total. The summed E-state index contributed by atoms with van der Waals surface area (Å²) < 4.78 is 14.1. The Labute approximate surface area is 109 Å².